The van der Waals surface area contributed by atoms with Gasteiger partial charge < -0.3 is 9.84 Å². The molecule has 2 rings (SSSR count). The molecular formula is C11H17NO4. The van der Waals surface area contributed by atoms with E-state index in [4.69, 9.17) is 4.74 Å². The van der Waals surface area contributed by atoms with Crippen molar-refractivity contribution in [3.8, 4) is 0 Å². The second-order valence-electron chi connectivity index (χ2n) is 4.48. The maximum absolute atomic E-state index is 12.0. The Hall–Kier alpha value is -0.940. The Labute approximate surface area is 94.4 Å². The molecule has 90 valence electrons. The number of ether oxygens (including phenoxy) is 1. The van der Waals surface area contributed by atoms with Crippen molar-refractivity contribution in [1.82, 2.24) is 4.90 Å². The van der Waals surface area contributed by atoms with Crippen molar-refractivity contribution in [3.05, 3.63) is 0 Å². The highest BCUT2D eigenvalue weighted by Crippen LogP contribution is 2.40. The number of carbonyl (C=O) groups excluding carboxylic acids is 2. The first-order valence-corrected chi connectivity index (χ1v) is 5.67. The molecule has 0 radical (unpaired) electrons. The van der Waals surface area contributed by atoms with Crippen LogP contribution < -0.4 is 0 Å². The first-order chi connectivity index (χ1) is 7.70. The average molecular weight is 227 g/mol. The van der Waals surface area contributed by atoms with E-state index in [1.165, 1.54) is 12.0 Å². The van der Waals surface area contributed by atoms with Gasteiger partial charge in [0.05, 0.1) is 31.1 Å². The zero-order valence-corrected chi connectivity index (χ0v) is 9.39. The van der Waals surface area contributed by atoms with Crippen LogP contribution in [-0.4, -0.2) is 48.2 Å². The van der Waals surface area contributed by atoms with Gasteiger partial charge in [0.15, 0.2) is 0 Å². The van der Waals surface area contributed by atoms with Crippen molar-refractivity contribution in [2.75, 3.05) is 20.3 Å². The van der Waals surface area contributed by atoms with Gasteiger partial charge in [0, 0.05) is 7.11 Å². The number of fused-ring (bicyclic) bond motifs is 1. The van der Waals surface area contributed by atoms with Crippen molar-refractivity contribution < 1.29 is 19.4 Å². The third kappa shape index (κ3) is 1.64. The van der Waals surface area contributed by atoms with Crippen LogP contribution in [0.2, 0.25) is 0 Å². The minimum Gasteiger partial charge on any atom is -0.394 e. The lowest BCUT2D eigenvalue weighted by Gasteiger charge is -2.24. The number of rotatable bonds is 4. The number of amides is 2. The third-order valence-electron chi connectivity index (χ3n) is 3.56. The first-order valence-electron chi connectivity index (χ1n) is 5.67. The Morgan fingerprint density at radius 1 is 1.38 bits per heavy atom. The summed E-state index contributed by atoms with van der Waals surface area (Å²) in [5, 5.41) is 9.19. The summed E-state index contributed by atoms with van der Waals surface area (Å²) in [6.07, 6.45) is 2.56. The van der Waals surface area contributed by atoms with Gasteiger partial charge in [0.1, 0.15) is 0 Å². The van der Waals surface area contributed by atoms with Gasteiger partial charge in [-0.25, -0.2) is 0 Å². The molecule has 16 heavy (non-hydrogen) atoms. The maximum atomic E-state index is 12.0. The summed E-state index contributed by atoms with van der Waals surface area (Å²) in [7, 11) is 1.49. The van der Waals surface area contributed by atoms with Gasteiger partial charge in [-0.05, 0) is 12.8 Å². The molecule has 2 fully saturated rings. The molecule has 1 N–H and O–H groups in total. The molecule has 3 unspecified atom stereocenters. The maximum Gasteiger partial charge on any atom is 0.233 e. The van der Waals surface area contributed by atoms with Crippen molar-refractivity contribution in [3.63, 3.8) is 0 Å². The number of likely N-dealkylation sites (tertiary alicyclic amines) is 1. The number of aliphatic hydroxyl groups excluding tert-OH is 1. The number of hydrogen-bond acceptors (Lipinski definition) is 4. The van der Waals surface area contributed by atoms with E-state index in [9.17, 15) is 14.7 Å². The molecule has 0 spiro atoms. The van der Waals surface area contributed by atoms with Gasteiger partial charge in [-0.1, -0.05) is 6.42 Å². The first kappa shape index (κ1) is 11.5. The molecule has 0 bridgehead atoms. The van der Waals surface area contributed by atoms with E-state index in [1.807, 2.05) is 0 Å². The van der Waals surface area contributed by atoms with E-state index in [2.05, 4.69) is 0 Å². The monoisotopic (exact) mass is 227 g/mol. The molecule has 2 amide bonds. The Kier molecular flexibility index (Phi) is 3.25. The van der Waals surface area contributed by atoms with Crippen LogP contribution in [0.1, 0.15) is 19.3 Å². The van der Waals surface area contributed by atoms with Crippen LogP contribution in [0.4, 0.5) is 0 Å². The fourth-order valence-electron chi connectivity index (χ4n) is 2.78. The minimum atomic E-state index is -0.518. The summed E-state index contributed by atoms with van der Waals surface area (Å²) >= 11 is 0. The summed E-state index contributed by atoms with van der Waals surface area (Å²) in [5.41, 5.74) is 0. The zero-order valence-electron chi connectivity index (χ0n) is 9.39. The zero-order chi connectivity index (χ0) is 11.7. The van der Waals surface area contributed by atoms with Crippen molar-refractivity contribution in [2.45, 2.75) is 25.3 Å². The van der Waals surface area contributed by atoms with Crippen LogP contribution in [0.3, 0.4) is 0 Å². The van der Waals surface area contributed by atoms with Crippen molar-refractivity contribution in [2.24, 2.45) is 11.8 Å². The molecule has 0 aromatic carbocycles. The molecule has 3 atom stereocenters. The van der Waals surface area contributed by atoms with E-state index >= 15 is 0 Å². The van der Waals surface area contributed by atoms with Gasteiger partial charge in [-0.15, -0.1) is 0 Å². The highest BCUT2D eigenvalue weighted by molar-refractivity contribution is 6.05. The van der Waals surface area contributed by atoms with Crippen LogP contribution in [0, 0.1) is 11.8 Å². The van der Waals surface area contributed by atoms with Crippen LogP contribution in [0.25, 0.3) is 0 Å². The molecule has 1 aliphatic carbocycles. The summed E-state index contributed by atoms with van der Waals surface area (Å²) in [6.45, 7) is -0.0296. The van der Waals surface area contributed by atoms with E-state index in [0.29, 0.717) is 0 Å². The standard InChI is InChI=1S/C11H17NO4/c1-16-6-7(5-13)12-10(14)8-3-2-4-9(8)11(12)15/h7-9,13H,2-6H2,1H3. The van der Waals surface area contributed by atoms with Crippen LogP contribution in [0.15, 0.2) is 0 Å². The van der Waals surface area contributed by atoms with Gasteiger partial charge in [-0.2, -0.15) is 0 Å². The Morgan fingerprint density at radius 3 is 2.38 bits per heavy atom. The second-order valence-corrected chi connectivity index (χ2v) is 4.48. The van der Waals surface area contributed by atoms with Gasteiger partial charge >= 0.3 is 0 Å². The molecule has 1 aliphatic heterocycles. The van der Waals surface area contributed by atoms with E-state index in [0.717, 1.165) is 19.3 Å². The Balaban J connectivity index is 2.16. The van der Waals surface area contributed by atoms with Gasteiger partial charge in [-0.3, -0.25) is 14.5 Å². The molecule has 1 saturated carbocycles. The van der Waals surface area contributed by atoms with Crippen molar-refractivity contribution in [1.29, 1.82) is 0 Å². The Morgan fingerprint density at radius 2 is 1.94 bits per heavy atom. The lowest BCUT2D eigenvalue weighted by atomic mass is 10.00. The number of nitrogens with zero attached hydrogens (tertiary/aromatic N) is 1. The van der Waals surface area contributed by atoms with Crippen LogP contribution in [-0.2, 0) is 14.3 Å². The quantitative estimate of drug-likeness (QED) is 0.674. The molecule has 5 heteroatoms. The molecule has 1 saturated heterocycles. The largest absolute Gasteiger partial charge is 0.394 e. The van der Waals surface area contributed by atoms with Gasteiger partial charge in [0.25, 0.3) is 0 Å². The van der Waals surface area contributed by atoms with E-state index in [1.54, 1.807) is 0 Å². The predicted molar refractivity (Wildman–Crippen MR) is 55.4 cm³/mol. The Bertz CT molecular complexity index is 282. The summed E-state index contributed by atoms with van der Waals surface area (Å²) in [5.74, 6) is -0.524. The molecular weight excluding hydrogens is 210 g/mol. The summed E-state index contributed by atoms with van der Waals surface area (Å²) in [4.78, 5) is 25.2. The minimum absolute atomic E-state index is 0.122. The highest BCUT2D eigenvalue weighted by atomic mass is 16.5. The summed E-state index contributed by atoms with van der Waals surface area (Å²) < 4.78 is 4.92. The van der Waals surface area contributed by atoms with E-state index in [-0.39, 0.29) is 36.9 Å². The van der Waals surface area contributed by atoms with E-state index < -0.39 is 6.04 Å². The van der Waals surface area contributed by atoms with Crippen molar-refractivity contribution >= 4 is 11.8 Å². The third-order valence-corrected chi connectivity index (χ3v) is 3.56. The van der Waals surface area contributed by atoms with Crippen LogP contribution in [0.5, 0.6) is 0 Å². The topological polar surface area (TPSA) is 66.8 Å². The number of imide groups is 1. The molecule has 2 aliphatic rings. The normalized spacial score (nSPS) is 31.0. The lowest BCUT2D eigenvalue weighted by Crippen LogP contribution is -2.45. The average Bonchev–Trinajstić information content (AvgIpc) is 2.83. The SMILES string of the molecule is COCC(CO)N1C(=O)C2CCCC2C1=O. The number of methoxy groups -OCH3 is 1. The number of aliphatic hydroxyl groups is 1. The fourth-order valence-corrected chi connectivity index (χ4v) is 2.78. The molecule has 0 aromatic rings. The smallest absolute Gasteiger partial charge is 0.233 e. The fraction of sp³-hybridized carbons (Fsp3) is 0.818. The highest BCUT2D eigenvalue weighted by Gasteiger charge is 2.51. The summed E-state index contributed by atoms with van der Waals surface area (Å²) in [6, 6.07) is -0.518. The number of carbonyl (C=O) groups is 2. The molecule has 0 aromatic heterocycles. The number of hydrogen-bond donors (Lipinski definition) is 1. The predicted octanol–water partition coefficient (Wildman–Crippen LogP) is -0.221. The molecule has 1 heterocycles. The lowest BCUT2D eigenvalue weighted by molar-refractivity contribution is -0.145. The van der Waals surface area contributed by atoms with Gasteiger partial charge in [0.2, 0.25) is 11.8 Å². The van der Waals surface area contributed by atoms with Crippen LogP contribution >= 0.6 is 0 Å². The second kappa shape index (κ2) is 4.51. The molecule has 5 nitrogen and oxygen atoms in total.